The summed E-state index contributed by atoms with van der Waals surface area (Å²) in [6.45, 7) is 4.21. The van der Waals surface area contributed by atoms with Crippen LogP contribution in [0.3, 0.4) is 0 Å². The van der Waals surface area contributed by atoms with E-state index in [0.29, 0.717) is 37.1 Å². The van der Waals surface area contributed by atoms with Crippen LogP contribution in [0.25, 0.3) is 10.8 Å². The maximum Gasteiger partial charge on any atom is 0.123 e. The fraction of sp³-hybridized carbons (Fsp3) is 0.438. The van der Waals surface area contributed by atoms with Gasteiger partial charge in [0.2, 0.25) is 0 Å². The van der Waals surface area contributed by atoms with Crippen molar-refractivity contribution in [3.8, 4) is 0 Å². The van der Waals surface area contributed by atoms with Gasteiger partial charge in [0, 0.05) is 24.7 Å². The molecule has 0 saturated carbocycles. The van der Waals surface area contributed by atoms with Crippen LogP contribution in [0.1, 0.15) is 6.92 Å². The molecule has 5 N–H and O–H groups in total. The van der Waals surface area contributed by atoms with E-state index < -0.39 is 11.6 Å². The van der Waals surface area contributed by atoms with E-state index in [4.69, 9.17) is 22.1 Å². The molecule has 6 nitrogen and oxygen atoms in total. The first-order valence-corrected chi connectivity index (χ1v) is 7.95. The number of benzene rings is 1. The van der Waals surface area contributed by atoms with Crippen LogP contribution < -0.4 is 16.4 Å². The number of nitrogens with two attached hydrogens (primary N) is 1. The van der Waals surface area contributed by atoms with Crippen LogP contribution in [0.5, 0.6) is 0 Å². The van der Waals surface area contributed by atoms with Gasteiger partial charge in [-0.05, 0) is 30.5 Å². The summed E-state index contributed by atoms with van der Waals surface area (Å²) in [5, 5.41) is 19.1. The molecular formula is C16H21ClN4O2. The summed E-state index contributed by atoms with van der Waals surface area (Å²) in [5.41, 5.74) is 6.17. The van der Waals surface area contributed by atoms with Gasteiger partial charge in [-0.2, -0.15) is 0 Å². The Balaban J connectivity index is 1.62. The second kappa shape index (κ2) is 6.49. The van der Waals surface area contributed by atoms with Crippen molar-refractivity contribution >= 4 is 33.9 Å². The number of halogens is 1. The summed E-state index contributed by atoms with van der Waals surface area (Å²) < 4.78 is 5.29. The number of fused-ring (bicyclic) bond motifs is 1. The van der Waals surface area contributed by atoms with Crippen molar-refractivity contribution < 1.29 is 9.84 Å². The quantitative estimate of drug-likeness (QED) is 0.620. The lowest BCUT2D eigenvalue weighted by Gasteiger charge is -2.27. The number of nitrogens with zero attached hydrogens (tertiary/aromatic N) is 1. The predicted molar refractivity (Wildman–Crippen MR) is 92.9 cm³/mol. The molecule has 1 aromatic heterocycles. The summed E-state index contributed by atoms with van der Waals surface area (Å²) in [6, 6.07) is 5.66. The maximum atomic E-state index is 9.91. The van der Waals surface area contributed by atoms with Crippen molar-refractivity contribution in [2.45, 2.75) is 18.6 Å². The Morgan fingerprint density at radius 2 is 2.22 bits per heavy atom. The fourth-order valence-corrected chi connectivity index (χ4v) is 2.93. The van der Waals surface area contributed by atoms with Gasteiger partial charge < -0.3 is 26.2 Å². The molecule has 3 rings (SSSR count). The lowest BCUT2D eigenvalue weighted by molar-refractivity contribution is 0.104. The average molecular weight is 337 g/mol. The van der Waals surface area contributed by atoms with Crippen LogP contribution in [-0.2, 0) is 4.74 Å². The molecule has 2 atom stereocenters. The zero-order valence-electron chi connectivity index (χ0n) is 13.0. The molecule has 0 amide bonds. The largest absolute Gasteiger partial charge is 0.389 e. The molecule has 0 spiro atoms. The van der Waals surface area contributed by atoms with Crippen LogP contribution in [0.15, 0.2) is 24.4 Å². The molecule has 2 heterocycles. The summed E-state index contributed by atoms with van der Waals surface area (Å²) in [7, 11) is 0. The topological polar surface area (TPSA) is 92.4 Å². The van der Waals surface area contributed by atoms with Crippen molar-refractivity contribution in [1.29, 1.82) is 0 Å². The zero-order valence-corrected chi connectivity index (χ0v) is 13.7. The molecule has 1 fully saturated rings. The van der Waals surface area contributed by atoms with Gasteiger partial charge in [0.05, 0.1) is 35.6 Å². The number of hydrogen-bond acceptors (Lipinski definition) is 6. The highest BCUT2D eigenvalue weighted by Gasteiger charge is 2.38. The number of hydrogen-bond donors (Lipinski definition) is 4. The van der Waals surface area contributed by atoms with Gasteiger partial charge in [-0.25, -0.2) is 4.98 Å². The normalized spacial score (nSPS) is 24.2. The van der Waals surface area contributed by atoms with Crippen LogP contribution in [0, 0.1) is 0 Å². The molecular weight excluding hydrogens is 316 g/mol. The van der Waals surface area contributed by atoms with E-state index >= 15 is 0 Å². The molecule has 1 saturated heterocycles. The second-order valence-corrected chi connectivity index (χ2v) is 6.50. The Hall–Kier alpha value is -1.60. The van der Waals surface area contributed by atoms with Crippen molar-refractivity contribution in [3.05, 3.63) is 29.4 Å². The molecule has 124 valence electrons. The Morgan fingerprint density at radius 1 is 1.39 bits per heavy atom. The number of aliphatic hydroxyl groups is 1. The van der Waals surface area contributed by atoms with Gasteiger partial charge in [0.1, 0.15) is 5.82 Å². The minimum Gasteiger partial charge on any atom is -0.389 e. The number of rotatable bonds is 5. The Morgan fingerprint density at radius 3 is 2.96 bits per heavy atom. The smallest absolute Gasteiger partial charge is 0.123 e. The van der Waals surface area contributed by atoms with Gasteiger partial charge in [-0.1, -0.05) is 11.6 Å². The molecule has 23 heavy (non-hydrogen) atoms. The number of aliphatic hydroxyl groups excluding tert-OH is 1. The number of anilines is 2. The van der Waals surface area contributed by atoms with Crippen LogP contribution in [-0.4, -0.2) is 48.0 Å². The standard InChI is InChI=1S/C16H21ClN4O2/c1-16(9-23-8-14(16)22)21-3-2-19-13-5-10-6-15(18)20-7-11(10)4-12(13)17/h4-7,14,19,21-22H,2-3,8-9H2,1H3,(H2,18,20). The van der Waals surface area contributed by atoms with Crippen LogP contribution in [0.4, 0.5) is 11.5 Å². The summed E-state index contributed by atoms with van der Waals surface area (Å²) >= 11 is 6.30. The number of nitrogen functional groups attached to an aromatic ring is 1. The van der Waals surface area contributed by atoms with Crippen molar-refractivity contribution in [1.82, 2.24) is 10.3 Å². The maximum absolute atomic E-state index is 9.91. The highest BCUT2D eigenvalue weighted by molar-refractivity contribution is 6.34. The van der Waals surface area contributed by atoms with Crippen LogP contribution >= 0.6 is 11.6 Å². The Bertz CT molecular complexity index is 712. The SMILES string of the molecule is CC1(NCCNc2cc3cc(N)ncc3cc2Cl)COCC1O. The van der Waals surface area contributed by atoms with Crippen molar-refractivity contribution in [2.24, 2.45) is 0 Å². The average Bonchev–Trinajstić information content (AvgIpc) is 2.84. The van der Waals surface area contributed by atoms with Gasteiger partial charge in [-0.3, -0.25) is 0 Å². The Labute approximate surface area is 140 Å². The van der Waals surface area contributed by atoms with E-state index in [2.05, 4.69) is 15.6 Å². The van der Waals surface area contributed by atoms with Crippen molar-refractivity contribution in [2.75, 3.05) is 37.4 Å². The van der Waals surface area contributed by atoms with Gasteiger partial charge in [0.15, 0.2) is 0 Å². The van der Waals surface area contributed by atoms with Gasteiger partial charge >= 0.3 is 0 Å². The summed E-state index contributed by atoms with van der Waals surface area (Å²) in [5.74, 6) is 0.482. The number of nitrogens with one attached hydrogen (secondary N) is 2. The highest BCUT2D eigenvalue weighted by Crippen LogP contribution is 2.28. The predicted octanol–water partition coefficient (Wildman–Crippen LogP) is 1.62. The molecule has 0 aliphatic carbocycles. The first-order chi connectivity index (χ1) is 11.0. The third-order valence-corrected chi connectivity index (χ3v) is 4.52. The third kappa shape index (κ3) is 3.50. The second-order valence-electron chi connectivity index (χ2n) is 6.09. The molecule has 1 aliphatic heterocycles. The minimum atomic E-state index is -0.484. The number of aromatic nitrogens is 1. The zero-order chi connectivity index (χ0) is 16.4. The van der Waals surface area contributed by atoms with E-state index in [0.717, 1.165) is 16.5 Å². The molecule has 0 bridgehead atoms. The van der Waals surface area contributed by atoms with E-state index in [1.165, 1.54) is 0 Å². The molecule has 0 radical (unpaired) electrons. The molecule has 1 aromatic carbocycles. The molecule has 7 heteroatoms. The molecule has 2 unspecified atom stereocenters. The number of ether oxygens (including phenoxy) is 1. The summed E-state index contributed by atoms with van der Waals surface area (Å²) in [4.78, 5) is 4.07. The van der Waals surface area contributed by atoms with Crippen molar-refractivity contribution in [3.63, 3.8) is 0 Å². The minimum absolute atomic E-state index is 0.378. The Kier molecular flexibility index (Phi) is 4.59. The van der Waals surface area contributed by atoms with Gasteiger partial charge in [0.25, 0.3) is 0 Å². The molecule has 1 aliphatic rings. The van der Waals surface area contributed by atoms with E-state index in [1.807, 2.05) is 25.1 Å². The van der Waals surface area contributed by atoms with Crippen LogP contribution in [0.2, 0.25) is 5.02 Å². The van der Waals surface area contributed by atoms with E-state index in [1.54, 1.807) is 6.20 Å². The van der Waals surface area contributed by atoms with E-state index in [-0.39, 0.29) is 0 Å². The van der Waals surface area contributed by atoms with E-state index in [9.17, 15) is 5.11 Å². The van der Waals surface area contributed by atoms with Gasteiger partial charge in [-0.15, -0.1) is 0 Å². The fourth-order valence-electron chi connectivity index (χ4n) is 2.70. The lowest BCUT2D eigenvalue weighted by Crippen LogP contribution is -2.52. The lowest BCUT2D eigenvalue weighted by atomic mass is 9.99. The number of pyridine rings is 1. The first kappa shape index (κ1) is 16.3. The third-order valence-electron chi connectivity index (χ3n) is 4.21. The first-order valence-electron chi connectivity index (χ1n) is 7.57. The molecule has 2 aromatic rings. The summed E-state index contributed by atoms with van der Waals surface area (Å²) in [6.07, 6.45) is 1.23. The highest BCUT2D eigenvalue weighted by atomic mass is 35.5. The monoisotopic (exact) mass is 336 g/mol.